The molecule has 1 amide bonds. The summed E-state index contributed by atoms with van der Waals surface area (Å²) in [6.07, 6.45) is 2.94. The van der Waals surface area contributed by atoms with E-state index in [1.165, 1.54) is 0 Å². The molecule has 1 saturated heterocycles. The Morgan fingerprint density at radius 2 is 2.29 bits per heavy atom. The molecule has 1 aromatic heterocycles. The zero-order valence-electron chi connectivity index (χ0n) is 12.6. The predicted molar refractivity (Wildman–Crippen MR) is 81.1 cm³/mol. The average Bonchev–Trinajstić information content (AvgIpc) is 3.08. The number of carbonyl (C=O) groups is 1. The van der Waals surface area contributed by atoms with Crippen LogP contribution in [0.1, 0.15) is 31.4 Å². The van der Waals surface area contributed by atoms with E-state index in [1.807, 2.05) is 4.90 Å². The first-order valence-corrected chi connectivity index (χ1v) is 8.57. The molecule has 0 aliphatic carbocycles. The number of nitrogens with zero attached hydrogens (tertiary/aromatic N) is 4. The summed E-state index contributed by atoms with van der Waals surface area (Å²) >= 11 is 1.80. The van der Waals surface area contributed by atoms with E-state index >= 15 is 0 Å². The van der Waals surface area contributed by atoms with Gasteiger partial charge in [0.2, 0.25) is 5.91 Å². The molecule has 1 aromatic rings. The minimum atomic E-state index is 0.162. The molecule has 3 heterocycles. The Kier molecular flexibility index (Phi) is 4.49. The SMILES string of the molecule is COCc1nnc2n1CCN(C(=O)[C@@H]1CCCS1)[C@H](C)C2. The number of hydrogen-bond donors (Lipinski definition) is 0. The van der Waals surface area contributed by atoms with Crippen molar-refractivity contribution >= 4 is 17.7 Å². The van der Waals surface area contributed by atoms with Crippen molar-refractivity contribution in [1.82, 2.24) is 19.7 Å². The standard InChI is InChI=1S/C14H22N4O2S/c1-10-8-12-15-16-13(9-20-2)18(12)6-5-17(10)14(19)11-4-3-7-21-11/h10-11H,3-9H2,1-2H3/t10-,11+/m1/s1. The Bertz CT molecular complexity index is 513. The van der Waals surface area contributed by atoms with Crippen molar-refractivity contribution in [1.29, 1.82) is 0 Å². The van der Waals surface area contributed by atoms with Crippen LogP contribution >= 0.6 is 11.8 Å². The number of methoxy groups -OCH3 is 1. The van der Waals surface area contributed by atoms with E-state index in [-0.39, 0.29) is 11.3 Å². The fraction of sp³-hybridized carbons (Fsp3) is 0.786. The summed E-state index contributed by atoms with van der Waals surface area (Å²) in [6, 6.07) is 0.180. The van der Waals surface area contributed by atoms with Gasteiger partial charge < -0.3 is 14.2 Å². The number of hydrogen-bond acceptors (Lipinski definition) is 5. The molecule has 0 radical (unpaired) electrons. The van der Waals surface area contributed by atoms with Crippen molar-refractivity contribution in [3.63, 3.8) is 0 Å². The van der Waals surface area contributed by atoms with Gasteiger partial charge in [0.1, 0.15) is 12.4 Å². The lowest BCUT2D eigenvalue weighted by Gasteiger charge is -2.29. The van der Waals surface area contributed by atoms with E-state index in [1.54, 1.807) is 18.9 Å². The average molecular weight is 310 g/mol. The lowest BCUT2D eigenvalue weighted by Crippen LogP contribution is -2.44. The Balaban J connectivity index is 1.74. The third-order valence-electron chi connectivity index (χ3n) is 4.24. The maximum atomic E-state index is 12.7. The number of amides is 1. The molecule has 7 heteroatoms. The molecule has 0 spiro atoms. The highest BCUT2D eigenvalue weighted by Crippen LogP contribution is 2.29. The van der Waals surface area contributed by atoms with Crippen LogP contribution in [0.25, 0.3) is 0 Å². The fourth-order valence-electron chi connectivity index (χ4n) is 3.10. The fourth-order valence-corrected chi connectivity index (χ4v) is 4.33. The van der Waals surface area contributed by atoms with Crippen LogP contribution in [0.2, 0.25) is 0 Å². The Labute approximate surface area is 129 Å². The van der Waals surface area contributed by atoms with E-state index in [2.05, 4.69) is 21.7 Å². The molecule has 2 aliphatic heterocycles. The van der Waals surface area contributed by atoms with Crippen LogP contribution in [0.15, 0.2) is 0 Å². The normalized spacial score (nSPS) is 25.7. The zero-order valence-corrected chi connectivity index (χ0v) is 13.4. The van der Waals surface area contributed by atoms with E-state index < -0.39 is 0 Å². The molecule has 3 rings (SSSR count). The zero-order chi connectivity index (χ0) is 14.8. The van der Waals surface area contributed by atoms with E-state index in [0.717, 1.165) is 49.8 Å². The molecule has 0 bridgehead atoms. The number of rotatable bonds is 3. The quantitative estimate of drug-likeness (QED) is 0.836. The molecule has 0 unspecified atom stereocenters. The van der Waals surface area contributed by atoms with Crippen LogP contribution in [-0.2, 0) is 29.1 Å². The van der Waals surface area contributed by atoms with E-state index in [9.17, 15) is 4.79 Å². The van der Waals surface area contributed by atoms with Gasteiger partial charge in [0.05, 0.1) is 5.25 Å². The van der Waals surface area contributed by atoms with E-state index in [0.29, 0.717) is 12.5 Å². The van der Waals surface area contributed by atoms with Gasteiger partial charge in [-0.1, -0.05) is 0 Å². The maximum absolute atomic E-state index is 12.7. The summed E-state index contributed by atoms with van der Waals surface area (Å²) in [5.74, 6) is 3.23. The Morgan fingerprint density at radius 3 is 3.00 bits per heavy atom. The van der Waals surface area contributed by atoms with Gasteiger partial charge >= 0.3 is 0 Å². The largest absolute Gasteiger partial charge is 0.377 e. The molecule has 0 aromatic carbocycles. The topological polar surface area (TPSA) is 60.3 Å². The van der Waals surface area contributed by atoms with Gasteiger partial charge in [-0.2, -0.15) is 0 Å². The smallest absolute Gasteiger partial charge is 0.236 e. The van der Waals surface area contributed by atoms with Crippen LogP contribution in [-0.4, -0.2) is 56.3 Å². The summed E-state index contributed by atoms with van der Waals surface area (Å²) < 4.78 is 7.27. The molecule has 6 nitrogen and oxygen atoms in total. The third kappa shape index (κ3) is 2.94. The molecule has 2 aliphatic rings. The lowest BCUT2D eigenvalue weighted by atomic mass is 10.1. The minimum Gasteiger partial charge on any atom is -0.377 e. The molecule has 116 valence electrons. The monoisotopic (exact) mass is 310 g/mol. The number of thioether (sulfide) groups is 1. The summed E-state index contributed by atoms with van der Waals surface area (Å²) in [6.45, 7) is 4.07. The molecule has 0 N–H and O–H groups in total. The molecule has 1 fully saturated rings. The predicted octanol–water partition coefficient (Wildman–Crippen LogP) is 1.09. The summed E-state index contributed by atoms with van der Waals surface area (Å²) in [4.78, 5) is 14.7. The van der Waals surface area contributed by atoms with Crippen LogP contribution in [0.5, 0.6) is 0 Å². The first-order valence-electron chi connectivity index (χ1n) is 7.52. The molecule has 0 saturated carbocycles. The van der Waals surface area contributed by atoms with E-state index in [4.69, 9.17) is 4.74 Å². The van der Waals surface area contributed by atoms with Gasteiger partial charge in [0.15, 0.2) is 5.82 Å². The highest BCUT2D eigenvalue weighted by Gasteiger charge is 2.33. The van der Waals surface area contributed by atoms with Crippen LogP contribution in [0.4, 0.5) is 0 Å². The summed E-state index contributed by atoms with van der Waals surface area (Å²) in [5, 5.41) is 8.62. The van der Waals surface area contributed by atoms with Gasteiger partial charge in [-0.25, -0.2) is 0 Å². The first-order chi connectivity index (χ1) is 10.2. The van der Waals surface area contributed by atoms with Crippen LogP contribution in [0.3, 0.4) is 0 Å². The molecular formula is C14H22N4O2S. The van der Waals surface area contributed by atoms with Crippen molar-refractivity contribution in [3.05, 3.63) is 11.6 Å². The van der Waals surface area contributed by atoms with Gasteiger partial charge in [0, 0.05) is 32.7 Å². The Hall–Kier alpha value is -1.08. The molecule has 21 heavy (non-hydrogen) atoms. The number of fused-ring (bicyclic) bond motifs is 1. The maximum Gasteiger partial charge on any atom is 0.236 e. The highest BCUT2D eigenvalue weighted by atomic mass is 32.2. The number of ether oxygens (including phenoxy) is 1. The van der Waals surface area contributed by atoms with Gasteiger partial charge in [0.25, 0.3) is 0 Å². The van der Waals surface area contributed by atoms with Crippen LogP contribution < -0.4 is 0 Å². The highest BCUT2D eigenvalue weighted by molar-refractivity contribution is 8.00. The number of aromatic nitrogens is 3. The van der Waals surface area contributed by atoms with Crippen molar-refractivity contribution in [2.75, 3.05) is 19.4 Å². The second-order valence-electron chi connectivity index (χ2n) is 5.70. The van der Waals surface area contributed by atoms with Gasteiger partial charge in [-0.3, -0.25) is 4.79 Å². The second kappa shape index (κ2) is 6.36. The first kappa shape index (κ1) is 14.8. The second-order valence-corrected chi connectivity index (χ2v) is 7.01. The van der Waals surface area contributed by atoms with Crippen LogP contribution in [0, 0.1) is 0 Å². The minimum absolute atomic E-state index is 0.162. The summed E-state index contributed by atoms with van der Waals surface area (Å²) in [7, 11) is 1.66. The van der Waals surface area contributed by atoms with Gasteiger partial charge in [-0.15, -0.1) is 22.0 Å². The molecule has 2 atom stereocenters. The molecular weight excluding hydrogens is 288 g/mol. The number of carbonyl (C=O) groups excluding carboxylic acids is 1. The Morgan fingerprint density at radius 1 is 1.43 bits per heavy atom. The summed E-state index contributed by atoms with van der Waals surface area (Å²) in [5.41, 5.74) is 0. The van der Waals surface area contributed by atoms with Crippen molar-refractivity contribution in [2.45, 2.75) is 50.6 Å². The third-order valence-corrected chi connectivity index (χ3v) is 5.60. The lowest BCUT2D eigenvalue weighted by molar-refractivity contribution is -0.132. The van der Waals surface area contributed by atoms with Crippen molar-refractivity contribution in [3.8, 4) is 0 Å². The van der Waals surface area contributed by atoms with Gasteiger partial charge in [-0.05, 0) is 25.5 Å². The van der Waals surface area contributed by atoms with Crippen molar-refractivity contribution in [2.24, 2.45) is 0 Å². The van der Waals surface area contributed by atoms with Crippen molar-refractivity contribution < 1.29 is 9.53 Å².